The van der Waals surface area contributed by atoms with Crippen molar-refractivity contribution < 1.29 is 51.0 Å². The molecule has 0 atom stereocenters. The van der Waals surface area contributed by atoms with Gasteiger partial charge in [0.1, 0.15) is 0 Å². The van der Waals surface area contributed by atoms with Crippen molar-refractivity contribution in [2.45, 2.75) is 6.92 Å². The van der Waals surface area contributed by atoms with E-state index in [-0.39, 0.29) is 51.0 Å². The van der Waals surface area contributed by atoms with Crippen LogP contribution in [0, 0.1) is 6.92 Å². The Hall–Kier alpha value is -3.22. The number of hydrogen-bond donors (Lipinski definition) is 0. The van der Waals surface area contributed by atoms with Gasteiger partial charge in [0.15, 0.2) is 0 Å². The molecule has 0 spiro atoms. The summed E-state index contributed by atoms with van der Waals surface area (Å²) in [6.45, 7) is 2.20. The summed E-state index contributed by atoms with van der Waals surface area (Å²) in [5.41, 5.74) is 4.00. The van der Waals surface area contributed by atoms with E-state index in [2.05, 4.69) is 146 Å². The van der Waals surface area contributed by atoms with E-state index in [4.69, 9.17) is 0 Å². The molecule has 0 heterocycles. The molecular formula is C37H26Cl2Zr. The first-order chi connectivity index (χ1) is 18.3. The minimum atomic E-state index is 0. The Morgan fingerprint density at radius 3 is 1.68 bits per heavy atom. The molecular weight excluding hydrogens is 607 g/mol. The van der Waals surface area contributed by atoms with E-state index in [0.29, 0.717) is 0 Å². The van der Waals surface area contributed by atoms with Crippen LogP contribution in [-0.2, 0) is 26.2 Å². The summed E-state index contributed by atoms with van der Waals surface area (Å²) in [5, 5.41) is 13.4. The zero-order valence-corrected chi connectivity index (χ0v) is 26.0. The van der Waals surface area contributed by atoms with Crippen LogP contribution in [0.2, 0.25) is 0 Å². The van der Waals surface area contributed by atoms with E-state index >= 15 is 0 Å². The number of halogens is 2. The fourth-order valence-electron chi connectivity index (χ4n) is 5.85. The van der Waals surface area contributed by atoms with Crippen LogP contribution < -0.4 is 24.8 Å². The fourth-order valence-corrected chi connectivity index (χ4v) is 5.85. The predicted octanol–water partition coefficient (Wildman–Crippen LogP) is 4.56. The van der Waals surface area contributed by atoms with Gasteiger partial charge < -0.3 is 24.8 Å². The summed E-state index contributed by atoms with van der Waals surface area (Å²) in [5.74, 6) is 0. The average Bonchev–Trinajstić information content (AvgIpc) is 3.53. The zero-order valence-electron chi connectivity index (χ0n) is 22.0. The summed E-state index contributed by atoms with van der Waals surface area (Å²) in [6, 6.07) is 50.1. The van der Waals surface area contributed by atoms with Gasteiger partial charge in [-0.1, -0.05) is 103 Å². The van der Waals surface area contributed by atoms with Gasteiger partial charge >= 0.3 is 26.2 Å². The minimum Gasteiger partial charge on any atom is -1.00 e. The normalized spacial score (nSPS) is 10.5. The second-order valence-corrected chi connectivity index (χ2v) is 9.80. The second kappa shape index (κ2) is 12.5. The standard InChI is InChI=1S/C24H17.C13H9.2ClH.Zr/c1-16-13-14-17-8-6-12-22(24(16)17)23-15-18-7-2-3-9-19(18)20-10-4-5-11-21(20)23;1-3-7-12-10(5-1)9-11-6-2-4-8-13(11)12;;;/h2-15H,1H3;1-9H;2*1H;/q2*-1;;;+4/p-2. The smallest absolute Gasteiger partial charge is 1.00 e. The van der Waals surface area contributed by atoms with Gasteiger partial charge in [-0.25, -0.2) is 0 Å². The number of hydrogen-bond acceptors (Lipinski definition) is 0. The van der Waals surface area contributed by atoms with Crippen LogP contribution in [0.5, 0.6) is 0 Å². The SMILES string of the molecule is Cc1c[cH-]c2cccc(-c3cc4ccccc4c4ccccc34)c12.[Cl-].[Cl-].[Zr+4].c1ccc2c(c1)[cH-]c1ccccc12. The van der Waals surface area contributed by atoms with Crippen molar-refractivity contribution in [2.75, 3.05) is 0 Å². The number of aryl methyl sites for hydroxylation is 1. The molecule has 0 aliphatic heterocycles. The fraction of sp³-hybridized carbons (Fsp3) is 0.0270. The molecule has 40 heavy (non-hydrogen) atoms. The molecule has 0 saturated heterocycles. The Morgan fingerprint density at radius 1 is 0.475 bits per heavy atom. The molecule has 8 aromatic rings. The van der Waals surface area contributed by atoms with Crippen LogP contribution in [0.15, 0.2) is 140 Å². The van der Waals surface area contributed by atoms with E-state index in [9.17, 15) is 0 Å². The van der Waals surface area contributed by atoms with Crippen molar-refractivity contribution in [1.29, 1.82) is 0 Å². The third-order valence-electron chi connectivity index (χ3n) is 7.58. The third-order valence-corrected chi connectivity index (χ3v) is 7.58. The third kappa shape index (κ3) is 5.15. The molecule has 0 radical (unpaired) electrons. The average molecular weight is 633 g/mol. The predicted molar refractivity (Wildman–Crippen MR) is 162 cm³/mol. The van der Waals surface area contributed by atoms with E-state index in [1.807, 2.05) is 0 Å². The Morgan fingerprint density at radius 2 is 1.00 bits per heavy atom. The molecule has 0 fully saturated rings. The Bertz CT molecular complexity index is 2010. The summed E-state index contributed by atoms with van der Waals surface area (Å²) >= 11 is 0. The van der Waals surface area contributed by atoms with Gasteiger partial charge in [-0.2, -0.15) is 11.6 Å². The molecule has 0 aliphatic rings. The summed E-state index contributed by atoms with van der Waals surface area (Å²) in [4.78, 5) is 0. The van der Waals surface area contributed by atoms with Gasteiger partial charge in [-0.15, -0.1) is 68.7 Å². The second-order valence-electron chi connectivity index (χ2n) is 9.80. The first kappa shape index (κ1) is 29.8. The van der Waals surface area contributed by atoms with Gasteiger partial charge in [0.25, 0.3) is 0 Å². The van der Waals surface area contributed by atoms with Crippen LogP contribution >= 0.6 is 0 Å². The monoisotopic (exact) mass is 630 g/mol. The number of benzene rings is 6. The summed E-state index contributed by atoms with van der Waals surface area (Å²) < 4.78 is 0. The molecule has 0 aliphatic carbocycles. The maximum atomic E-state index is 2.35. The van der Waals surface area contributed by atoms with Crippen molar-refractivity contribution in [2.24, 2.45) is 0 Å². The molecule has 0 aromatic heterocycles. The maximum Gasteiger partial charge on any atom is 4.00 e. The number of rotatable bonds is 1. The minimum absolute atomic E-state index is 0. The van der Waals surface area contributed by atoms with Crippen LogP contribution in [-0.4, -0.2) is 0 Å². The molecule has 3 heteroatoms. The molecule has 8 rings (SSSR count). The van der Waals surface area contributed by atoms with Crippen molar-refractivity contribution in [3.05, 3.63) is 145 Å². The van der Waals surface area contributed by atoms with Crippen molar-refractivity contribution in [3.8, 4) is 11.1 Å². The van der Waals surface area contributed by atoms with E-state index in [0.717, 1.165) is 0 Å². The molecule has 0 amide bonds. The molecule has 8 aromatic carbocycles. The van der Waals surface area contributed by atoms with Gasteiger partial charge in [0.2, 0.25) is 0 Å². The van der Waals surface area contributed by atoms with Gasteiger partial charge in [0, 0.05) is 0 Å². The van der Waals surface area contributed by atoms with E-state index < -0.39 is 0 Å². The Kier molecular flexibility index (Phi) is 9.32. The molecule has 0 nitrogen and oxygen atoms in total. The Balaban J connectivity index is 0.000000198. The van der Waals surface area contributed by atoms with Gasteiger partial charge in [-0.05, 0) is 33.2 Å². The van der Waals surface area contributed by atoms with Gasteiger partial charge in [-0.3, -0.25) is 0 Å². The zero-order chi connectivity index (χ0) is 24.8. The molecule has 0 unspecified atom stereocenters. The van der Waals surface area contributed by atoms with Crippen LogP contribution in [0.4, 0.5) is 0 Å². The topological polar surface area (TPSA) is 0 Å². The largest absolute Gasteiger partial charge is 4.00 e. The number of fused-ring (bicyclic) bond motifs is 7. The van der Waals surface area contributed by atoms with Crippen LogP contribution in [0.25, 0.3) is 65.0 Å². The van der Waals surface area contributed by atoms with Gasteiger partial charge in [0.05, 0.1) is 0 Å². The van der Waals surface area contributed by atoms with Crippen LogP contribution in [0.1, 0.15) is 5.56 Å². The van der Waals surface area contributed by atoms with E-state index in [1.165, 1.54) is 70.6 Å². The van der Waals surface area contributed by atoms with Crippen molar-refractivity contribution >= 4 is 53.9 Å². The van der Waals surface area contributed by atoms with Crippen molar-refractivity contribution in [1.82, 2.24) is 0 Å². The Labute approximate surface area is 266 Å². The van der Waals surface area contributed by atoms with Crippen molar-refractivity contribution in [3.63, 3.8) is 0 Å². The summed E-state index contributed by atoms with van der Waals surface area (Å²) in [7, 11) is 0. The van der Waals surface area contributed by atoms with Crippen LogP contribution in [0.3, 0.4) is 0 Å². The quantitative estimate of drug-likeness (QED) is 0.184. The molecule has 0 bridgehead atoms. The summed E-state index contributed by atoms with van der Waals surface area (Å²) in [6.07, 6.45) is 0. The maximum absolute atomic E-state index is 2.35. The molecule has 0 saturated carbocycles. The first-order valence-corrected chi connectivity index (χ1v) is 12.9. The first-order valence-electron chi connectivity index (χ1n) is 12.9. The van der Waals surface area contributed by atoms with E-state index in [1.54, 1.807) is 0 Å². The molecule has 192 valence electrons. The molecule has 0 N–H and O–H groups in total.